The van der Waals surface area contributed by atoms with E-state index < -0.39 is 24.5 Å². The molecule has 0 aliphatic heterocycles. The molecule has 0 radical (unpaired) electrons. The first kappa shape index (κ1) is 16.0. The molecule has 6 nitrogen and oxygen atoms in total. The van der Waals surface area contributed by atoms with Gasteiger partial charge in [-0.15, -0.1) is 0 Å². The van der Waals surface area contributed by atoms with Crippen LogP contribution in [0.3, 0.4) is 0 Å². The largest absolute Gasteiger partial charge is 0.480 e. The van der Waals surface area contributed by atoms with Crippen LogP contribution in [0.5, 0.6) is 0 Å². The Hall–Kier alpha value is -2.08. The lowest BCUT2D eigenvalue weighted by molar-refractivity contribution is -0.138. The molecule has 0 saturated heterocycles. The summed E-state index contributed by atoms with van der Waals surface area (Å²) >= 11 is 5.78. The molecule has 0 fully saturated rings. The van der Waals surface area contributed by atoms with E-state index in [0.29, 0.717) is 5.02 Å². The fraction of sp³-hybridized carbons (Fsp3) is 0.308. The maximum Gasteiger partial charge on any atom is 0.322 e. The van der Waals surface area contributed by atoms with Crippen molar-refractivity contribution < 1.29 is 19.5 Å². The van der Waals surface area contributed by atoms with Crippen molar-refractivity contribution in [2.24, 2.45) is 0 Å². The van der Waals surface area contributed by atoms with Crippen molar-refractivity contribution in [2.45, 2.75) is 19.4 Å². The minimum atomic E-state index is -1.12. The molecule has 20 heavy (non-hydrogen) atoms. The number of carboxylic acid groups (broad SMARTS) is 1. The fourth-order valence-electron chi connectivity index (χ4n) is 1.62. The van der Waals surface area contributed by atoms with Gasteiger partial charge < -0.3 is 15.7 Å². The minimum Gasteiger partial charge on any atom is -0.480 e. The first-order valence-corrected chi connectivity index (χ1v) is 6.27. The van der Waals surface area contributed by atoms with Crippen molar-refractivity contribution in [1.29, 1.82) is 0 Å². The highest BCUT2D eigenvalue weighted by Crippen LogP contribution is 2.19. The number of benzene rings is 1. The van der Waals surface area contributed by atoms with Gasteiger partial charge in [0.1, 0.15) is 6.54 Å². The predicted molar refractivity (Wildman–Crippen MR) is 73.3 cm³/mol. The second-order valence-corrected chi connectivity index (χ2v) is 4.62. The lowest BCUT2D eigenvalue weighted by Gasteiger charge is -2.18. The van der Waals surface area contributed by atoms with E-state index in [1.165, 1.54) is 6.92 Å². The van der Waals surface area contributed by atoms with E-state index in [-0.39, 0.29) is 12.3 Å². The molecule has 0 aliphatic carbocycles. The molecule has 2 amide bonds. The lowest BCUT2D eigenvalue weighted by atomic mass is 10.0. The number of hydrogen-bond acceptors (Lipinski definition) is 3. The number of aliphatic carboxylic acids is 1. The summed E-state index contributed by atoms with van der Waals surface area (Å²) in [4.78, 5) is 33.2. The zero-order valence-electron chi connectivity index (χ0n) is 10.9. The van der Waals surface area contributed by atoms with Gasteiger partial charge in [-0.3, -0.25) is 14.4 Å². The van der Waals surface area contributed by atoms with Gasteiger partial charge in [0.25, 0.3) is 0 Å². The van der Waals surface area contributed by atoms with E-state index in [1.54, 1.807) is 24.3 Å². The van der Waals surface area contributed by atoms with Gasteiger partial charge in [-0.05, 0) is 17.7 Å². The zero-order valence-corrected chi connectivity index (χ0v) is 11.6. The van der Waals surface area contributed by atoms with Gasteiger partial charge in [-0.2, -0.15) is 0 Å². The Labute approximate surface area is 121 Å². The second-order valence-electron chi connectivity index (χ2n) is 4.18. The van der Waals surface area contributed by atoms with Crippen LogP contribution < -0.4 is 10.6 Å². The molecule has 7 heteroatoms. The summed E-state index contributed by atoms with van der Waals surface area (Å²) in [5.41, 5.74) is 0.718. The number of nitrogens with one attached hydrogen (secondary N) is 2. The summed E-state index contributed by atoms with van der Waals surface area (Å²) in [7, 11) is 0. The molecule has 0 spiro atoms. The quantitative estimate of drug-likeness (QED) is 0.733. The lowest BCUT2D eigenvalue weighted by Crippen LogP contribution is -2.34. The van der Waals surface area contributed by atoms with Crippen LogP contribution in [0.1, 0.15) is 24.9 Å². The van der Waals surface area contributed by atoms with Gasteiger partial charge in [0, 0.05) is 11.9 Å². The van der Waals surface area contributed by atoms with Crippen LogP contribution in [0.2, 0.25) is 5.02 Å². The molecule has 0 heterocycles. The smallest absolute Gasteiger partial charge is 0.322 e. The number of rotatable bonds is 6. The number of hydrogen-bond donors (Lipinski definition) is 3. The minimum absolute atomic E-state index is 0.0471. The first-order valence-electron chi connectivity index (χ1n) is 5.89. The summed E-state index contributed by atoms with van der Waals surface area (Å²) in [6.45, 7) is 0.893. The topological polar surface area (TPSA) is 95.5 Å². The molecule has 1 rings (SSSR count). The van der Waals surface area contributed by atoms with Crippen LogP contribution in [0.4, 0.5) is 0 Å². The zero-order chi connectivity index (χ0) is 15.1. The maximum atomic E-state index is 11.6. The average molecular weight is 299 g/mol. The number of carbonyl (C=O) groups excluding carboxylic acids is 2. The van der Waals surface area contributed by atoms with Gasteiger partial charge in [0.05, 0.1) is 12.5 Å². The Kier molecular flexibility index (Phi) is 5.99. The highest BCUT2D eigenvalue weighted by Gasteiger charge is 2.17. The molecular weight excluding hydrogens is 284 g/mol. The predicted octanol–water partition coefficient (Wildman–Crippen LogP) is 1.11. The van der Waals surface area contributed by atoms with Crippen molar-refractivity contribution in [3.05, 3.63) is 34.9 Å². The summed E-state index contributed by atoms with van der Waals surface area (Å²) in [5, 5.41) is 13.9. The molecule has 3 N–H and O–H groups in total. The van der Waals surface area contributed by atoms with Crippen molar-refractivity contribution in [2.75, 3.05) is 6.54 Å². The molecule has 1 aromatic rings. The Balaban J connectivity index is 2.74. The molecule has 0 bridgehead atoms. The fourth-order valence-corrected chi connectivity index (χ4v) is 1.75. The average Bonchev–Trinajstić information content (AvgIpc) is 2.36. The van der Waals surface area contributed by atoms with E-state index in [1.807, 2.05) is 0 Å². The molecule has 0 aliphatic rings. The third kappa shape index (κ3) is 5.71. The first-order chi connectivity index (χ1) is 9.38. The summed E-state index contributed by atoms with van der Waals surface area (Å²) in [6, 6.07) is 6.18. The summed E-state index contributed by atoms with van der Waals surface area (Å²) < 4.78 is 0. The van der Waals surface area contributed by atoms with Gasteiger partial charge in [-0.1, -0.05) is 23.7 Å². The van der Waals surface area contributed by atoms with Crippen LogP contribution in [0, 0.1) is 0 Å². The van der Waals surface area contributed by atoms with Gasteiger partial charge in [-0.25, -0.2) is 0 Å². The highest BCUT2D eigenvalue weighted by molar-refractivity contribution is 6.30. The van der Waals surface area contributed by atoms with Crippen molar-refractivity contribution in [3.63, 3.8) is 0 Å². The standard InChI is InChI=1S/C13H15ClN2O4/c1-8(17)16-11(6-12(18)15-7-13(19)20)9-2-4-10(14)5-3-9/h2-5,11H,6-7H2,1H3,(H,15,18)(H,16,17)(H,19,20). The molecule has 1 atom stereocenters. The maximum absolute atomic E-state index is 11.6. The Morgan fingerprint density at radius 1 is 1.25 bits per heavy atom. The monoisotopic (exact) mass is 298 g/mol. The number of carbonyl (C=O) groups is 3. The SMILES string of the molecule is CC(=O)NC(CC(=O)NCC(=O)O)c1ccc(Cl)cc1. The van der Waals surface area contributed by atoms with E-state index in [2.05, 4.69) is 10.6 Å². The highest BCUT2D eigenvalue weighted by atomic mass is 35.5. The van der Waals surface area contributed by atoms with Crippen molar-refractivity contribution in [1.82, 2.24) is 10.6 Å². The third-order valence-electron chi connectivity index (χ3n) is 2.48. The number of amides is 2. The van der Waals surface area contributed by atoms with E-state index in [0.717, 1.165) is 5.56 Å². The molecule has 108 valence electrons. The van der Waals surface area contributed by atoms with Crippen LogP contribution in [0.25, 0.3) is 0 Å². The van der Waals surface area contributed by atoms with Gasteiger partial charge in [0.2, 0.25) is 11.8 Å². The van der Waals surface area contributed by atoms with Crippen LogP contribution in [-0.4, -0.2) is 29.4 Å². The molecular formula is C13H15ClN2O4. The number of halogens is 1. The molecule has 0 aromatic heterocycles. The summed E-state index contributed by atoms with van der Waals surface area (Å²) in [6.07, 6.45) is -0.0471. The van der Waals surface area contributed by atoms with Crippen molar-refractivity contribution in [3.8, 4) is 0 Å². The third-order valence-corrected chi connectivity index (χ3v) is 2.73. The molecule has 1 unspecified atom stereocenters. The summed E-state index contributed by atoms with van der Waals surface area (Å²) in [5.74, 6) is -1.86. The number of carboxylic acids is 1. The Bertz CT molecular complexity index is 502. The van der Waals surface area contributed by atoms with Crippen molar-refractivity contribution >= 4 is 29.4 Å². The van der Waals surface area contributed by atoms with Gasteiger partial charge >= 0.3 is 5.97 Å². The molecule has 0 saturated carbocycles. The normalized spacial score (nSPS) is 11.5. The molecule has 1 aromatic carbocycles. The Morgan fingerprint density at radius 2 is 1.85 bits per heavy atom. The Morgan fingerprint density at radius 3 is 2.35 bits per heavy atom. The van der Waals surface area contributed by atoms with E-state index >= 15 is 0 Å². The van der Waals surface area contributed by atoms with Crippen LogP contribution in [0.15, 0.2) is 24.3 Å². The van der Waals surface area contributed by atoms with E-state index in [4.69, 9.17) is 16.7 Å². The second kappa shape index (κ2) is 7.49. The van der Waals surface area contributed by atoms with Crippen LogP contribution >= 0.6 is 11.6 Å². The van der Waals surface area contributed by atoms with Crippen LogP contribution in [-0.2, 0) is 14.4 Å². The van der Waals surface area contributed by atoms with Gasteiger partial charge in [0.15, 0.2) is 0 Å². The van der Waals surface area contributed by atoms with E-state index in [9.17, 15) is 14.4 Å².